The van der Waals surface area contributed by atoms with E-state index in [9.17, 15) is 4.79 Å². The molecule has 1 aliphatic rings. The third-order valence-corrected chi connectivity index (χ3v) is 4.11. The van der Waals surface area contributed by atoms with Crippen LogP contribution in [0.1, 0.15) is 17.8 Å². The van der Waals surface area contributed by atoms with Crippen LogP contribution in [0.3, 0.4) is 0 Å². The third-order valence-electron chi connectivity index (χ3n) is 4.11. The summed E-state index contributed by atoms with van der Waals surface area (Å²) >= 11 is 0. The first kappa shape index (κ1) is 15.3. The van der Waals surface area contributed by atoms with Crippen LogP contribution in [-0.4, -0.2) is 32.2 Å². The van der Waals surface area contributed by atoms with Gasteiger partial charge in [0.2, 0.25) is 0 Å². The average molecular weight is 335 g/mol. The summed E-state index contributed by atoms with van der Waals surface area (Å²) in [7, 11) is 0. The number of ether oxygens (including phenoxy) is 1. The maximum atomic E-state index is 12.4. The van der Waals surface area contributed by atoms with E-state index < -0.39 is 6.10 Å². The highest BCUT2D eigenvalue weighted by atomic mass is 16.5. The van der Waals surface area contributed by atoms with E-state index in [1.165, 1.54) is 0 Å². The molecule has 2 aromatic heterocycles. The van der Waals surface area contributed by atoms with Crippen LogP contribution < -0.4 is 10.1 Å². The van der Waals surface area contributed by atoms with Crippen molar-refractivity contribution in [2.75, 3.05) is 0 Å². The number of pyridine rings is 1. The van der Waals surface area contributed by atoms with Gasteiger partial charge in [-0.05, 0) is 36.6 Å². The molecule has 0 bridgehead atoms. The van der Waals surface area contributed by atoms with Crippen LogP contribution in [0, 0.1) is 0 Å². The lowest BCUT2D eigenvalue weighted by Gasteiger charge is -2.25. The van der Waals surface area contributed by atoms with Gasteiger partial charge >= 0.3 is 0 Å². The second-order valence-electron chi connectivity index (χ2n) is 5.81. The second-order valence-corrected chi connectivity index (χ2v) is 5.81. The van der Waals surface area contributed by atoms with Crippen molar-refractivity contribution < 1.29 is 9.53 Å². The highest BCUT2D eigenvalue weighted by molar-refractivity contribution is 5.81. The molecule has 25 heavy (non-hydrogen) atoms. The first-order valence-electron chi connectivity index (χ1n) is 8.13. The molecule has 0 aliphatic carbocycles. The molecule has 0 saturated heterocycles. The number of rotatable bonds is 4. The van der Waals surface area contributed by atoms with Gasteiger partial charge in [-0.1, -0.05) is 18.2 Å². The van der Waals surface area contributed by atoms with Gasteiger partial charge in [-0.3, -0.25) is 14.9 Å². The lowest BCUT2D eigenvalue weighted by molar-refractivity contribution is -0.128. The number of nitrogens with one attached hydrogen (secondary N) is 2. The van der Waals surface area contributed by atoms with E-state index in [0.717, 1.165) is 23.3 Å². The smallest absolute Gasteiger partial charge is 0.261 e. The van der Waals surface area contributed by atoms with Crippen LogP contribution in [0.4, 0.5) is 0 Å². The zero-order valence-electron chi connectivity index (χ0n) is 13.5. The van der Waals surface area contributed by atoms with E-state index >= 15 is 0 Å². The Labute approximate surface area is 144 Å². The number of benzene rings is 1. The van der Waals surface area contributed by atoms with Gasteiger partial charge in [0.15, 0.2) is 11.9 Å². The molecule has 1 atom stereocenters. The largest absolute Gasteiger partial charge is 0.480 e. The van der Waals surface area contributed by atoms with Gasteiger partial charge in [-0.15, -0.1) is 0 Å². The van der Waals surface area contributed by atoms with Crippen molar-refractivity contribution >= 4 is 5.91 Å². The molecule has 2 N–H and O–H groups in total. The fourth-order valence-electron chi connectivity index (χ4n) is 2.80. The van der Waals surface area contributed by atoms with Crippen LogP contribution in [-0.2, 0) is 17.8 Å². The van der Waals surface area contributed by atoms with E-state index in [1.54, 1.807) is 12.4 Å². The van der Waals surface area contributed by atoms with Gasteiger partial charge < -0.3 is 10.1 Å². The quantitative estimate of drug-likeness (QED) is 0.759. The number of nitrogens with zero attached hydrogens (tertiary/aromatic N) is 3. The first-order chi connectivity index (χ1) is 12.3. The Balaban J connectivity index is 1.36. The molecule has 0 fully saturated rings. The second kappa shape index (κ2) is 6.72. The summed E-state index contributed by atoms with van der Waals surface area (Å²) in [5.74, 6) is 1.82. The van der Waals surface area contributed by atoms with E-state index in [4.69, 9.17) is 4.74 Å². The predicted octanol–water partition coefficient (Wildman–Crippen LogP) is 1.88. The van der Waals surface area contributed by atoms with E-state index in [0.29, 0.717) is 18.1 Å². The highest BCUT2D eigenvalue weighted by Crippen LogP contribution is 2.27. The molecule has 3 aromatic rings. The number of H-pyrrole nitrogens is 1. The number of hydrogen-bond donors (Lipinski definition) is 2. The molecule has 3 heterocycles. The van der Waals surface area contributed by atoms with Gasteiger partial charge in [-0.25, -0.2) is 4.98 Å². The molecule has 0 spiro atoms. The number of carbonyl (C=O) groups is 1. The van der Waals surface area contributed by atoms with Crippen LogP contribution >= 0.6 is 0 Å². The third kappa shape index (κ3) is 3.35. The van der Waals surface area contributed by atoms with Crippen molar-refractivity contribution in [2.45, 2.75) is 25.5 Å². The van der Waals surface area contributed by atoms with Crippen molar-refractivity contribution in [3.8, 4) is 17.1 Å². The molecule has 4 rings (SSSR count). The van der Waals surface area contributed by atoms with Crippen molar-refractivity contribution in [1.29, 1.82) is 0 Å². The van der Waals surface area contributed by atoms with Gasteiger partial charge in [0.05, 0.1) is 6.54 Å². The van der Waals surface area contributed by atoms with Gasteiger partial charge in [0.25, 0.3) is 5.91 Å². The molecule has 7 nitrogen and oxygen atoms in total. The van der Waals surface area contributed by atoms with Crippen LogP contribution in [0.2, 0.25) is 0 Å². The van der Waals surface area contributed by atoms with Gasteiger partial charge in [0.1, 0.15) is 11.6 Å². The van der Waals surface area contributed by atoms with E-state index in [-0.39, 0.29) is 12.5 Å². The van der Waals surface area contributed by atoms with E-state index in [1.807, 2.05) is 36.4 Å². The molecule has 7 heteroatoms. The summed E-state index contributed by atoms with van der Waals surface area (Å²) in [5.41, 5.74) is 2.01. The molecule has 1 amide bonds. The fourth-order valence-corrected chi connectivity index (χ4v) is 2.80. The Hall–Kier alpha value is -3.22. The summed E-state index contributed by atoms with van der Waals surface area (Å²) in [5, 5.41) is 9.86. The van der Waals surface area contributed by atoms with Crippen LogP contribution in [0.25, 0.3) is 11.4 Å². The Morgan fingerprint density at radius 1 is 1.24 bits per heavy atom. The number of aromatic amines is 1. The summed E-state index contributed by atoms with van der Waals surface area (Å²) < 4.78 is 5.79. The van der Waals surface area contributed by atoms with Crippen LogP contribution in [0.5, 0.6) is 5.75 Å². The summed E-state index contributed by atoms with van der Waals surface area (Å²) in [6.45, 7) is 0.276. The molecule has 0 radical (unpaired) electrons. The fraction of sp³-hybridized carbons (Fsp3) is 0.222. The van der Waals surface area contributed by atoms with E-state index in [2.05, 4.69) is 25.5 Å². The zero-order chi connectivity index (χ0) is 17.1. The Morgan fingerprint density at radius 2 is 2.08 bits per heavy atom. The maximum absolute atomic E-state index is 12.4. The van der Waals surface area contributed by atoms with Gasteiger partial charge in [-0.2, -0.15) is 5.10 Å². The molecule has 0 unspecified atom stereocenters. The standard InChI is InChI=1S/C18H17N5O2/c24-18(15-6-5-12-3-1-2-4-14(12)25-15)20-11-16-21-17(23-22-16)13-7-9-19-10-8-13/h1-4,7-10,15H,5-6,11H2,(H,20,24)(H,21,22,23)/t15-/m0/s1. The van der Waals surface area contributed by atoms with Crippen molar-refractivity contribution in [3.63, 3.8) is 0 Å². The van der Waals surface area contributed by atoms with Gasteiger partial charge in [0, 0.05) is 18.0 Å². The lowest BCUT2D eigenvalue weighted by Crippen LogP contribution is -2.40. The lowest BCUT2D eigenvalue weighted by atomic mass is 10.0. The van der Waals surface area contributed by atoms with Crippen molar-refractivity contribution in [3.05, 3.63) is 60.2 Å². The molecule has 0 saturated carbocycles. The van der Waals surface area contributed by atoms with Crippen molar-refractivity contribution in [2.24, 2.45) is 0 Å². The Kier molecular flexibility index (Phi) is 4.12. The molecule has 126 valence electrons. The number of fused-ring (bicyclic) bond motifs is 1. The van der Waals surface area contributed by atoms with Crippen molar-refractivity contribution in [1.82, 2.24) is 25.5 Å². The maximum Gasteiger partial charge on any atom is 0.261 e. The number of amides is 1. The minimum atomic E-state index is -0.475. The summed E-state index contributed by atoms with van der Waals surface area (Å²) in [4.78, 5) is 20.7. The summed E-state index contributed by atoms with van der Waals surface area (Å²) in [6.07, 6.45) is 4.40. The minimum Gasteiger partial charge on any atom is -0.480 e. The monoisotopic (exact) mass is 335 g/mol. The molecule has 1 aromatic carbocycles. The van der Waals surface area contributed by atoms with Crippen LogP contribution in [0.15, 0.2) is 48.8 Å². The molecular weight excluding hydrogens is 318 g/mol. The topological polar surface area (TPSA) is 92.8 Å². The number of para-hydroxylation sites is 1. The number of carbonyl (C=O) groups excluding carboxylic acids is 1. The zero-order valence-corrected chi connectivity index (χ0v) is 13.5. The number of hydrogen-bond acceptors (Lipinski definition) is 5. The Bertz CT molecular complexity index is 878. The number of aromatic nitrogens is 4. The normalized spacial score (nSPS) is 15.9. The average Bonchev–Trinajstić information content (AvgIpc) is 3.15. The molecular formula is C18H17N5O2. The minimum absolute atomic E-state index is 0.142. The highest BCUT2D eigenvalue weighted by Gasteiger charge is 2.25. The predicted molar refractivity (Wildman–Crippen MR) is 90.6 cm³/mol. The Morgan fingerprint density at radius 3 is 2.96 bits per heavy atom. The first-order valence-corrected chi connectivity index (χ1v) is 8.13. The molecule has 1 aliphatic heterocycles. The number of aryl methyl sites for hydroxylation is 1. The summed E-state index contributed by atoms with van der Waals surface area (Å²) in [6, 6.07) is 11.5. The SMILES string of the molecule is O=C(NCc1nc(-c2ccncc2)n[nH]1)[C@@H]1CCc2ccccc2O1.